The summed E-state index contributed by atoms with van der Waals surface area (Å²) in [5, 5.41) is 3.15. The van der Waals surface area contributed by atoms with E-state index in [1.165, 1.54) is 12.1 Å². The van der Waals surface area contributed by atoms with Crippen molar-refractivity contribution >= 4 is 5.91 Å². The van der Waals surface area contributed by atoms with E-state index >= 15 is 0 Å². The van der Waals surface area contributed by atoms with Gasteiger partial charge in [-0.2, -0.15) is 0 Å². The summed E-state index contributed by atoms with van der Waals surface area (Å²) in [6.07, 6.45) is 1.67. The maximum atomic E-state index is 13.5. The van der Waals surface area contributed by atoms with E-state index in [2.05, 4.69) is 5.32 Å². The lowest BCUT2D eigenvalue weighted by atomic mass is 10.0. The summed E-state index contributed by atoms with van der Waals surface area (Å²) in [4.78, 5) is 13.6. The predicted octanol–water partition coefficient (Wildman–Crippen LogP) is 1.79. The Kier molecular flexibility index (Phi) is 3.91. The Morgan fingerprint density at radius 1 is 1.33 bits per heavy atom. The van der Waals surface area contributed by atoms with Crippen LogP contribution in [0.1, 0.15) is 23.2 Å². The van der Waals surface area contributed by atoms with E-state index in [9.17, 15) is 13.6 Å². The van der Waals surface area contributed by atoms with E-state index in [1.54, 1.807) is 4.90 Å². The Morgan fingerprint density at radius 3 is 2.61 bits per heavy atom. The Balaban J connectivity index is 2.10. The third-order valence-corrected chi connectivity index (χ3v) is 3.37. The average molecular weight is 254 g/mol. The Labute approximate surface area is 105 Å². The first-order valence-electron chi connectivity index (χ1n) is 6.04. The van der Waals surface area contributed by atoms with E-state index in [-0.39, 0.29) is 5.56 Å². The van der Waals surface area contributed by atoms with Crippen LogP contribution in [0, 0.1) is 11.6 Å². The smallest absolute Gasteiger partial charge is 0.256 e. The number of piperidine rings is 1. The highest BCUT2D eigenvalue weighted by Gasteiger charge is 2.25. The van der Waals surface area contributed by atoms with Crippen LogP contribution in [0.5, 0.6) is 0 Å². The van der Waals surface area contributed by atoms with Gasteiger partial charge in [0.05, 0.1) is 5.56 Å². The first-order chi connectivity index (χ1) is 8.63. The van der Waals surface area contributed by atoms with Gasteiger partial charge in [0.25, 0.3) is 5.91 Å². The highest BCUT2D eigenvalue weighted by Crippen LogP contribution is 2.17. The molecule has 0 aromatic heterocycles. The molecule has 0 spiro atoms. The van der Waals surface area contributed by atoms with E-state index in [4.69, 9.17) is 0 Å². The van der Waals surface area contributed by atoms with Crippen molar-refractivity contribution in [1.82, 2.24) is 10.2 Å². The summed E-state index contributed by atoms with van der Waals surface area (Å²) in [5.74, 6) is -2.47. The molecular weight excluding hydrogens is 238 g/mol. The normalized spacial score (nSPS) is 16.9. The number of rotatable bonds is 2. The maximum absolute atomic E-state index is 13.5. The lowest BCUT2D eigenvalue weighted by molar-refractivity contribution is 0.0701. The summed E-state index contributed by atoms with van der Waals surface area (Å²) in [6, 6.07) is 4.09. The van der Waals surface area contributed by atoms with Gasteiger partial charge in [-0.3, -0.25) is 4.79 Å². The number of nitrogens with zero attached hydrogens (tertiary/aromatic N) is 1. The fourth-order valence-corrected chi connectivity index (χ4v) is 2.21. The van der Waals surface area contributed by atoms with E-state index in [0.29, 0.717) is 19.1 Å². The van der Waals surface area contributed by atoms with Gasteiger partial charge in [0.1, 0.15) is 0 Å². The van der Waals surface area contributed by atoms with Crippen LogP contribution in [0.15, 0.2) is 18.2 Å². The van der Waals surface area contributed by atoms with Crippen LogP contribution in [0.4, 0.5) is 8.78 Å². The number of hydrogen-bond acceptors (Lipinski definition) is 2. The van der Waals surface area contributed by atoms with Crippen molar-refractivity contribution in [2.24, 2.45) is 0 Å². The minimum atomic E-state index is -1.06. The van der Waals surface area contributed by atoms with Crippen LogP contribution < -0.4 is 5.32 Å². The minimum Gasteiger partial charge on any atom is -0.338 e. The lowest BCUT2D eigenvalue weighted by Crippen LogP contribution is -2.44. The molecule has 0 radical (unpaired) electrons. The van der Waals surface area contributed by atoms with Crippen molar-refractivity contribution in [3.63, 3.8) is 0 Å². The van der Waals surface area contributed by atoms with Gasteiger partial charge < -0.3 is 10.2 Å². The van der Waals surface area contributed by atoms with Gasteiger partial charge in [-0.05, 0) is 32.0 Å². The highest BCUT2D eigenvalue weighted by atomic mass is 19.2. The number of amides is 1. The van der Waals surface area contributed by atoms with Crippen molar-refractivity contribution < 1.29 is 13.6 Å². The average Bonchev–Trinajstić information content (AvgIpc) is 2.41. The lowest BCUT2D eigenvalue weighted by Gasteiger charge is -2.31. The topological polar surface area (TPSA) is 32.3 Å². The van der Waals surface area contributed by atoms with Gasteiger partial charge in [-0.1, -0.05) is 6.07 Å². The molecule has 0 aliphatic carbocycles. The molecule has 2 rings (SSSR count). The minimum absolute atomic E-state index is 0.182. The number of carbonyl (C=O) groups is 1. The molecule has 1 heterocycles. The number of halogens is 2. The number of likely N-dealkylation sites (tertiary alicyclic amines) is 1. The SMILES string of the molecule is CNC1CCN(C(=O)c2cccc(F)c2F)CC1. The Morgan fingerprint density at radius 2 is 2.00 bits per heavy atom. The van der Waals surface area contributed by atoms with Gasteiger partial charge in [0, 0.05) is 19.1 Å². The van der Waals surface area contributed by atoms with Crippen LogP contribution in [-0.2, 0) is 0 Å². The second-order valence-electron chi connectivity index (χ2n) is 4.46. The monoisotopic (exact) mass is 254 g/mol. The number of hydrogen-bond donors (Lipinski definition) is 1. The van der Waals surface area contributed by atoms with Crippen molar-refractivity contribution in [2.45, 2.75) is 18.9 Å². The van der Waals surface area contributed by atoms with E-state index < -0.39 is 17.5 Å². The summed E-state index contributed by atoms with van der Waals surface area (Å²) in [5.41, 5.74) is -0.182. The molecule has 3 nitrogen and oxygen atoms in total. The molecule has 1 aromatic carbocycles. The number of nitrogens with one attached hydrogen (secondary N) is 1. The van der Waals surface area contributed by atoms with Crippen LogP contribution >= 0.6 is 0 Å². The summed E-state index contributed by atoms with van der Waals surface area (Å²) < 4.78 is 26.6. The number of carbonyl (C=O) groups excluding carboxylic acids is 1. The Bertz CT molecular complexity index is 443. The third-order valence-electron chi connectivity index (χ3n) is 3.37. The molecule has 0 bridgehead atoms. The zero-order valence-electron chi connectivity index (χ0n) is 10.2. The van der Waals surface area contributed by atoms with Crippen molar-refractivity contribution in [3.05, 3.63) is 35.4 Å². The molecule has 0 unspecified atom stereocenters. The second kappa shape index (κ2) is 5.44. The standard InChI is InChI=1S/C13H16F2N2O/c1-16-9-5-7-17(8-6-9)13(18)10-3-2-4-11(14)12(10)15/h2-4,9,16H,5-8H2,1H3. The quantitative estimate of drug-likeness (QED) is 0.872. The van der Waals surface area contributed by atoms with Crippen LogP contribution in [0.3, 0.4) is 0 Å². The zero-order valence-corrected chi connectivity index (χ0v) is 10.2. The van der Waals surface area contributed by atoms with Gasteiger partial charge in [-0.15, -0.1) is 0 Å². The summed E-state index contributed by atoms with van der Waals surface area (Å²) >= 11 is 0. The molecule has 1 aliphatic rings. The molecule has 1 amide bonds. The molecule has 1 fully saturated rings. The fourth-order valence-electron chi connectivity index (χ4n) is 2.21. The largest absolute Gasteiger partial charge is 0.338 e. The van der Waals surface area contributed by atoms with Gasteiger partial charge in [-0.25, -0.2) is 8.78 Å². The van der Waals surface area contributed by atoms with Gasteiger partial charge in [0.2, 0.25) is 0 Å². The molecule has 1 saturated heterocycles. The van der Waals surface area contributed by atoms with Crippen molar-refractivity contribution in [3.8, 4) is 0 Å². The maximum Gasteiger partial charge on any atom is 0.256 e. The van der Waals surface area contributed by atoms with Crippen molar-refractivity contribution in [2.75, 3.05) is 20.1 Å². The zero-order chi connectivity index (χ0) is 13.1. The molecule has 1 N–H and O–H groups in total. The molecule has 98 valence electrons. The molecular formula is C13H16F2N2O. The van der Waals surface area contributed by atoms with E-state index in [0.717, 1.165) is 18.9 Å². The first-order valence-corrected chi connectivity index (χ1v) is 6.04. The molecule has 1 aliphatic heterocycles. The molecule has 18 heavy (non-hydrogen) atoms. The van der Waals surface area contributed by atoms with Crippen LogP contribution in [-0.4, -0.2) is 37.0 Å². The van der Waals surface area contributed by atoms with Gasteiger partial charge in [0.15, 0.2) is 11.6 Å². The molecule has 0 atom stereocenters. The van der Waals surface area contributed by atoms with Crippen LogP contribution in [0.2, 0.25) is 0 Å². The summed E-state index contributed by atoms with van der Waals surface area (Å²) in [7, 11) is 1.88. The fraction of sp³-hybridized carbons (Fsp3) is 0.462. The summed E-state index contributed by atoms with van der Waals surface area (Å²) in [6.45, 7) is 1.14. The highest BCUT2D eigenvalue weighted by molar-refractivity contribution is 5.94. The van der Waals surface area contributed by atoms with E-state index in [1.807, 2.05) is 7.05 Å². The van der Waals surface area contributed by atoms with Gasteiger partial charge >= 0.3 is 0 Å². The number of benzene rings is 1. The Hall–Kier alpha value is -1.49. The second-order valence-corrected chi connectivity index (χ2v) is 4.46. The predicted molar refractivity (Wildman–Crippen MR) is 64.3 cm³/mol. The molecule has 0 saturated carbocycles. The molecule has 1 aromatic rings. The third kappa shape index (κ3) is 2.51. The first kappa shape index (κ1) is 13.0. The van der Waals surface area contributed by atoms with Crippen LogP contribution in [0.25, 0.3) is 0 Å². The van der Waals surface area contributed by atoms with Crippen molar-refractivity contribution in [1.29, 1.82) is 0 Å². The molecule has 5 heteroatoms.